The van der Waals surface area contributed by atoms with Crippen LogP contribution in [0.15, 0.2) is 23.1 Å². The van der Waals surface area contributed by atoms with Crippen molar-refractivity contribution in [1.29, 1.82) is 0 Å². The molecule has 0 unspecified atom stereocenters. The van der Waals surface area contributed by atoms with Crippen LogP contribution in [-0.4, -0.2) is 33.2 Å². The minimum Gasteiger partial charge on any atom is -0.324 e. The predicted octanol–water partition coefficient (Wildman–Crippen LogP) is 2.37. The molecule has 1 aliphatic heterocycles. The molecule has 0 N–H and O–H groups in total. The molecule has 1 fully saturated rings. The van der Waals surface area contributed by atoms with Gasteiger partial charge in [-0.25, -0.2) is 9.97 Å². The summed E-state index contributed by atoms with van der Waals surface area (Å²) in [6, 6.07) is 2.65. The van der Waals surface area contributed by atoms with Crippen molar-refractivity contribution >= 4 is 6.01 Å². The van der Waals surface area contributed by atoms with Gasteiger partial charge in [0.2, 0.25) is 0 Å². The van der Waals surface area contributed by atoms with E-state index in [9.17, 15) is 0 Å². The van der Waals surface area contributed by atoms with E-state index in [-0.39, 0.29) is 0 Å². The van der Waals surface area contributed by atoms with Gasteiger partial charge in [-0.2, -0.15) is 4.98 Å². The lowest BCUT2D eigenvalue weighted by atomic mass is 9.93. The highest BCUT2D eigenvalue weighted by Gasteiger charge is 2.25. The van der Waals surface area contributed by atoms with Gasteiger partial charge in [-0.1, -0.05) is 19.0 Å². The van der Waals surface area contributed by atoms with Gasteiger partial charge < -0.3 is 9.42 Å². The molecule has 0 atom stereocenters. The SMILES string of the molecule is CC(C)c1noc(N2CCC(c3ccncn3)CC2)n1. The maximum Gasteiger partial charge on any atom is 0.324 e. The summed E-state index contributed by atoms with van der Waals surface area (Å²) in [5.41, 5.74) is 1.13. The molecule has 0 aromatic carbocycles. The zero-order valence-electron chi connectivity index (χ0n) is 11.9. The van der Waals surface area contributed by atoms with Crippen LogP contribution >= 0.6 is 0 Å². The van der Waals surface area contributed by atoms with Gasteiger partial charge in [-0.05, 0) is 18.9 Å². The van der Waals surface area contributed by atoms with Gasteiger partial charge in [0.1, 0.15) is 6.33 Å². The van der Waals surface area contributed by atoms with E-state index in [1.165, 1.54) is 0 Å². The van der Waals surface area contributed by atoms with Crippen molar-refractivity contribution in [2.24, 2.45) is 0 Å². The molecule has 0 amide bonds. The lowest BCUT2D eigenvalue weighted by Crippen LogP contribution is -2.33. The van der Waals surface area contributed by atoms with Crippen molar-refractivity contribution in [3.63, 3.8) is 0 Å². The zero-order valence-corrected chi connectivity index (χ0v) is 11.9. The molecule has 6 heteroatoms. The van der Waals surface area contributed by atoms with Crippen LogP contribution in [0.3, 0.4) is 0 Å². The van der Waals surface area contributed by atoms with Crippen molar-refractivity contribution in [1.82, 2.24) is 20.1 Å². The van der Waals surface area contributed by atoms with Crippen LogP contribution in [0.2, 0.25) is 0 Å². The molecule has 106 valence electrons. The Kier molecular flexibility index (Phi) is 3.62. The number of nitrogens with zero attached hydrogens (tertiary/aromatic N) is 5. The molecular weight excluding hydrogens is 254 g/mol. The molecule has 20 heavy (non-hydrogen) atoms. The topological polar surface area (TPSA) is 67.9 Å². The third-order valence-corrected chi connectivity index (χ3v) is 3.74. The minimum absolute atomic E-state index is 0.297. The van der Waals surface area contributed by atoms with E-state index in [2.05, 4.69) is 38.9 Å². The Labute approximate surface area is 118 Å². The minimum atomic E-state index is 0.297. The van der Waals surface area contributed by atoms with Gasteiger partial charge >= 0.3 is 6.01 Å². The smallest absolute Gasteiger partial charge is 0.324 e. The fourth-order valence-electron chi connectivity index (χ4n) is 2.50. The largest absolute Gasteiger partial charge is 0.324 e. The Bertz CT molecular complexity index is 546. The third-order valence-electron chi connectivity index (χ3n) is 3.74. The molecule has 2 aromatic rings. The summed E-state index contributed by atoms with van der Waals surface area (Å²) in [6.45, 7) is 5.98. The van der Waals surface area contributed by atoms with Gasteiger partial charge in [0.05, 0.1) is 0 Å². The standard InChI is InChI=1S/C14H19N5O/c1-10(2)13-17-14(20-18-13)19-7-4-11(5-8-19)12-3-6-15-9-16-12/h3,6,9-11H,4-5,7-8H2,1-2H3. The Morgan fingerprint density at radius 3 is 2.70 bits per heavy atom. The van der Waals surface area contributed by atoms with Gasteiger partial charge in [0.15, 0.2) is 5.82 Å². The molecule has 0 spiro atoms. The van der Waals surface area contributed by atoms with Crippen molar-refractivity contribution in [2.75, 3.05) is 18.0 Å². The number of hydrogen-bond donors (Lipinski definition) is 0. The summed E-state index contributed by atoms with van der Waals surface area (Å²) >= 11 is 0. The highest BCUT2D eigenvalue weighted by atomic mass is 16.5. The third kappa shape index (κ3) is 2.64. The fourth-order valence-corrected chi connectivity index (χ4v) is 2.50. The Morgan fingerprint density at radius 2 is 2.10 bits per heavy atom. The molecule has 0 radical (unpaired) electrons. The average molecular weight is 273 g/mol. The highest BCUT2D eigenvalue weighted by Crippen LogP contribution is 2.28. The average Bonchev–Trinajstić information content (AvgIpc) is 2.98. The molecule has 1 saturated heterocycles. The van der Waals surface area contributed by atoms with E-state index >= 15 is 0 Å². The lowest BCUT2D eigenvalue weighted by Gasteiger charge is -2.30. The predicted molar refractivity (Wildman–Crippen MR) is 74.6 cm³/mol. The normalized spacial score (nSPS) is 16.9. The van der Waals surface area contributed by atoms with Crippen LogP contribution in [0.5, 0.6) is 0 Å². The van der Waals surface area contributed by atoms with Crippen molar-refractivity contribution < 1.29 is 4.52 Å². The van der Waals surface area contributed by atoms with Crippen LogP contribution in [0.25, 0.3) is 0 Å². The summed E-state index contributed by atoms with van der Waals surface area (Å²) < 4.78 is 5.35. The van der Waals surface area contributed by atoms with E-state index in [1.807, 2.05) is 12.3 Å². The lowest BCUT2D eigenvalue weighted by molar-refractivity contribution is 0.386. The summed E-state index contributed by atoms with van der Waals surface area (Å²) in [6.07, 6.45) is 5.53. The van der Waals surface area contributed by atoms with Gasteiger partial charge in [-0.3, -0.25) is 0 Å². The van der Waals surface area contributed by atoms with E-state index in [1.54, 1.807) is 6.33 Å². The second-order valence-electron chi connectivity index (χ2n) is 5.49. The van der Waals surface area contributed by atoms with Crippen LogP contribution in [0.1, 0.15) is 50.0 Å². The summed E-state index contributed by atoms with van der Waals surface area (Å²) in [5, 5.41) is 4.02. The number of anilines is 1. The first kappa shape index (κ1) is 13.0. The quantitative estimate of drug-likeness (QED) is 0.855. The summed E-state index contributed by atoms with van der Waals surface area (Å²) in [4.78, 5) is 14.9. The van der Waals surface area contributed by atoms with Crippen LogP contribution in [0, 0.1) is 0 Å². The van der Waals surface area contributed by atoms with Crippen molar-refractivity contribution in [3.05, 3.63) is 30.1 Å². The van der Waals surface area contributed by atoms with E-state index in [0.29, 0.717) is 17.9 Å². The second-order valence-corrected chi connectivity index (χ2v) is 5.49. The second kappa shape index (κ2) is 5.56. The fraction of sp³-hybridized carbons (Fsp3) is 0.571. The van der Waals surface area contributed by atoms with Crippen LogP contribution in [-0.2, 0) is 0 Å². The molecule has 6 nitrogen and oxygen atoms in total. The molecule has 0 saturated carbocycles. The Hall–Kier alpha value is -1.98. The molecular formula is C14H19N5O. The number of hydrogen-bond acceptors (Lipinski definition) is 6. The monoisotopic (exact) mass is 273 g/mol. The molecule has 0 bridgehead atoms. The van der Waals surface area contributed by atoms with E-state index < -0.39 is 0 Å². The molecule has 1 aliphatic rings. The van der Waals surface area contributed by atoms with Gasteiger partial charge in [0, 0.05) is 36.8 Å². The number of piperidine rings is 1. The first-order valence-electron chi connectivity index (χ1n) is 7.08. The first-order valence-corrected chi connectivity index (χ1v) is 7.08. The molecule has 3 heterocycles. The Balaban J connectivity index is 1.63. The van der Waals surface area contributed by atoms with Crippen LogP contribution < -0.4 is 4.90 Å². The highest BCUT2D eigenvalue weighted by molar-refractivity contribution is 5.27. The van der Waals surface area contributed by atoms with Gasteiger partial charge in [0.25, 0.3) is 0 Å². The van der Waals surface area contributed by atoms with Gasteiger partial charge in [-0.15, -0.1) is 0 Å². The van der Waals surface area contributed by atoms with Crippen LogP contribution in [0.4, 0.5) is 6.01 Å². The molecule has 2 aromatic heterocycles. The molecule has 0 aliphatic carbocycles. The maximum absolute atomic E-state index is 5.35. The van der Waals surface area contributed by atoms with E-state index in [0.717, 1.165) is 37.4 Å². The first-order chi connectivity index (χ1) is 9.74. The van der Waals surface area contributed by atoms with Crippen molar-refractivity contribution in [2.45, 2.75) is 38.5 Å². The Morgan fingerprint density at radius 1 is 1.30 bits per heavy atom. The summed E-state index contributed by atoms with van der Waals surface area (Å²) in [5.74, 6) is 1.57. The summed E-state index contributed by atoms with van der Waals surface area (Å²) in [7, 11) is 0. The zero-order chi connectivity index (χ0) is 13.9. The van der Waals surface area contributed by atoms with Crippen molar-refractivity contribution in [3.8, 4) is 0 Å². The number of rotatable bonds is 3. The number of aromatic nitrogens is 4. The maximum atomic E-state index is 5.35. The van der Waals surface area contributed by atoms with E-state index in [4.69, 9.17) is 4.52 Å². The molecule has 3 rings (SSSR count).